The number of nitro groups is 1. The quantitative estimate of drug-likeness (QED) is 0.223. The zero-order valence-electron chi connectivity index (χ0n) is 16.1. The van der Waals surface area contributed by atoms with Gasteiger partial charge in [-0.15, -0.1) is 0 Å². The van der Waals surface area contributed by atoms with E-state index in [4.69, 9.17) is 10.5 Å². The number of aliphatic hydroxyl groups excluding tert-OH is 2. The normalized spacial score (nSPS) is 22.9. The summed E-state index contributed by atoms with van der Waals surface area (Å²) in [6.07, 6.45) is 2.71. The minimum Gasteiger partial charge on any atom is -0.399 e. The van der Waals surface area contributed by atoms with Gasteiger partial charge in [0.2, 0.25) is 0 Å². The summed E-state index contributed by atoms with van der Waals surface area (Å²) < 4.78 is 5.85. The molecule has 2 unspecified atom stereocenters. The number of nitrogens with two attached hydrogens (primary N) is 1. The number of likely N-dealkylation sites (tertiary alicyclic amines) is 1. The van der Waals surface area contributed by atoms with Crippen molar-refractivity contribution >= 4 is 29.7 Å². The molecule has 1 aromatic carbocycles. The van der Waals surface area contributed by atoms with Crippen LogP contribution in [0.15, 0.2) is 18.2 Å². The average Bonchev–Trinajstić information content (AvgIpc) is 2.66. The van der Waals surface area contributed by atoms with Gasteiger partial charge in [0.05, 0.1) is 30.3 Å². The Bertz CT molecular complexity index is 644. The first-order valence-corrected chi connectivity index (χ1v) is 10.3. The maximum absolute atomic E-state index is 11.2. The lowest BCUT2D eigenvalue weighted by Crippen LogP contribution is -2.53. The maximum Gasteiger partial charge on any atom is 0.294 e. The molecule has 2 aliphatic rings. The van der Waals surface area contributed by atoms with Gasteiger partial charge in [-0.1, -0.05) is 0 Å². The Morgan fingerprint density at radius 2 is 2.11 bits per heavy atom. The van der Waals surface area contributed by atoms with Crippen LogP contribution >= 0.6 is 12.6 Å². The Balaban J connectivity index is 0.00000136. The Morgan fingerprint density at radius 1 is 1.39 bits per heavy atom. The molecule has 2 fully saturated rings. The first-order valence-electron chi connectivity index (χ1n) is 9.36. The van der Waals surface area contributed by atoms with Crippen molar-refractivity contribution in [3.8, 4) is 0 Å². The smallest absolute Gasteiger partial charge is 0.294 e. The summed E-state index contributed by atoms with van der Waals surface area (Å²) in [4.78, 5) is 14.8. The number of piperidine rings is 1. The van der Waals surface area contributed by atoms with Crippen LogP contribution < -0.4 is 10.6 Å². The van der Waals surface area contributed by atoms with E-state index in [0.717, 1.165) is 6.54 Å². The van der Waals surface area contributed by atoms with Gasteiger partial charge in [0.1, 0.15) is 5.69 Å². The van der Waals surface area contributed by atoms with Crippen LogP contribution in [0.25, 0.3) is 0 Å². The van der Waals surface area contributed by atoms with E-state index in [2.05, 4.69) is 17.5 Å². The van der Waals surface area contributed by atoms with E-state index in [1.807, 2.05) is 4.90 Å². The van der Waals surface area contributed by atoms with Gasteiger partial charge in [-0.2, -0.15) is 12.6 Å². The second-order valence-electron chi connectivity index (χ2n) is 6.95. The fraction of sp³-hybridized carbons (Fsp3) is 0.667. The van der Waals surface area contributed by atoms with Crippen molar-refractivity contribution in [1.29, 1.82) is 0 Å². The third-order valence-corrected chi connectivity index (χ3v) is 5.14. The monoisotopic (exact) mass is 414 g/mol. The summed E-state index contributed by atoms with van der Waals surface area (Å²) in [6.45, 7) is 3.24. The number of hydrogen-bond acceptors (Lipinski definition) is 9. The van der Waals surface area contributed by atoms with E-state index in [1.54, 1.807) is 18.4 Å². The maximum atomic E-state index is 11.2. The van der Waals surface area contributed by atoms with Gasteiger partial charge in [0.15, 0.2) is 0 Å². The molecule has 2 heterocycles. The number of hydrogen-bond donors (Lipinski definition) is 4. The molecule has 0 aliphatic carbocycles. The number of rotatable bonds is 7. The molecule has 10 heteroatoms. The summed E-state index contributed by atoms with van der Waals surface area (Å²) in [6, 6.07) is 4.70. The molecule has 1 aromatic rings. The second-order valence-corrected chi connectivity index (χ2v) is 6.95. The van der Waals surface area contributed by atoms with Crippen molar-refractivity contribution in [2.75, 3.05) is 56.3 Å². The van der Waals surface area contributed by atoms with Gasteiger partial charge in [-0.05, 0) is 31.2 Å². The summed E-state index contributed by atoms with van der Waals surface area (Å²) >= 11 is 3.53. The van der Waals surface area contributed by atoms with Crippen LogP contribution in [-0.2, 0) is 4.74 Å². The fourth-order valence-electron chi connectivity index (χ4n) is 3.59. The first kappa shape index (κ1) is 22.7. The fourth-order valence-corrected chi connectivity index (χ4v) is 3.59. The molecular weight excluding hydrogens is 384 g/mol. The number of nitro benzene ring substituents is 1. The van der Waals surface area contributed by atoms with Crippen molar-refractivity contribution in [1.82, 2.24) is 4.90 Å². The van der Waals surface area contributed by atoms with Crippen LogP contribution in [0, 0.1) is 10.1 Å². The molecule has 2 aliphatic heterocycles. The Labute approximate surface area is 170 Å². The van der Waals surface area contributed by atoms with Crippen LogP contribution in [0.1, 0.15) is 12.8 Å². The van der Waals surface area contributed by atoms with E-state index in [9.17, 15) is 20.3 Å². The molecular formula is C18H30N4O5S. The molecule has 158 valence electrons. The van der Waals surface area contributed by atoms with Crippen molar-refractivity contribution < 1.29 is 19.9 Å². The number of nitrogen functional groups attached to an aromatic ring is 1. The van der Waals surface area contributed by atoms with E-state index < -0.39 is 4.92 Å². The molecule has 4 N–H and O–H groups in total. The largest absolute Gasteiger partial charge is 0.399 e. The zero-order valence-corrected chi connectivity index (χ0v) is 17.0. The molecule has 9 nitrogen and oxygen atoms in total. The number of thiol groups is 1. The topological polar surface area (TPSA) is 125 Å². The molecule has 0 saturated carbocycles. The van der Waals surface area contributed by atoms with E-state index >= 15 is 0 Å². The van der Waals surface area contributed by atoms with Crippen LogP contribution in [0.4, 0.5) is 17.1 Å². The van der Waals surface area contributed by atoms with Gasteiger partial charge in [0.25, 0.3) is 5.69 Å². The van der Waals surface area contributed by atoms with Crippen molar-refractivity contribution in [3.63, 3.8) is 0 Å². The van der Waals surface area contributed by atoms with E-state index in [-0.39, 0.29) is 30.5 Å². The number of nitrogens with zero attached hydrogens (tertiary/aromatic N) is 3. The second kappa shape index (κ2) is 10.8. The SMILES string of the molecule is CS.Nc1ccc(N2CC(OCCN3CCC(O)CC3CO)C2)c([N+](=O)[O-])c1. The highest BCUT2D eigenvalue weighted by Crippen LogP contribution is 2.33. The number of ether oxygens (including phenoxy) is 1. The highest BCUT2D eigenvalue weighted by atomic mass is 32.1. The van der Waals surface area contributed by atoms with Crippen LogP contribution in [0.5, 0.6) is 0 Å². The minimum atomic E-state index is -0.417. The Kier molecular flexibility index (Phi) is 8.77. The predicted octanol–water partition coefficient (Wildman–Crippen LogP) is 0.746. The van der Waals surface area contributed by atoms with Gasteiger partial charge in [0, 0.05) is 44.0 Å². The third-order valence-electron chi connectivity index (χ3n) is 5.14. The number of anilines is 2. The molecule has 0 aromatic heterocycles. The molecule has 28 heavy (non-hydrogen) atoms. The van der Waals surface area contributed by atoms with Crippen LogP contribution in [0.2, 0.25) is 0 Å². The number of benzene rings is 1. The first-order chi connectivity index (χ1) is 13.5. The van der Waals surface area contributed by atoms with Crippen molar-refractivity contribution in [2.45, 2.75) is 31.1 Å². The van der Waals surface area contributed by atoms with Gasteiger partial charge in [-0.3, -0.25) is 15.0 Å². The summed E-state index contributed by atoms with van der Waals surface area (Å²) in [7, 11) is 0. The zero-order chi connectivity index (χ0) is 20.7. The highest BCUT2D eigenvalue weighted by Gasteiger charge is 2.32. The summed E-state index contributed by atoms with van der Waals surface area (Å²) in [5.74, 6) is 0. The molecule has 3 rings (SSSR count). The van der Waals surface area contributed by atoms with Gasteiger partial charge in [-0.25, -0.2) is 0 Å². The molecule has 0 bridgehead atoms. The molecule has 2 saturated heterocycles. The highest BCUT2D eigenvalue weighted by molar-refractivity contribution is 7.79. The van der Waals surface area contributed by atoms with Crippen molar-refractivity contribution in [2.24, 2.45) is 0 Å². The Hall–Kier alpha value is -1.59. The van der Waals surface area contributed by atoms with Crippen molar-refractivity contribution in [3.05, 3.63) is 28.3 Å². The minimum absolute atomic E-state index is 0.0149. The van der Waals surface area contributed by atoms with Gasteiger partial charge < -0.3 is 25.6 Å². The molecule has 0 amide bonds. The standard InChI is InChI=1S/C17H26N4O5.CH4S/c18-12-1-2-16(17(7-12)21(24)25)20-9-15(10-20)26-6-5-19-4-3-14(23)8-13(19)11-22;1-2/h1-2,7,13-15,22-23H,3-6,8-11,18H2;2H,1H3. The average molecular weight is 415 g/mol. The molecule has 2 atom stereocenters. The lowest BCUT2D eigenvalue weighted by molar-refractivity contribution is -0.384. The number of aliphatic hydroxyl groups is 2. The molecule has 0 radical (unpaired) electrons. The van der Waals surface area contributed by atoms with Gasteiger partial charge >= 0.3 is 0 Å². The summed E-state index contributed by atoms with van der Waals surface area (Å²) in [5.41, 5.74) is 6.59. The predicted molar refractivity (Wildman–Crippen MR) is 112 cm³/mol. The lowest BCUT2D eigenvalue weighted by Gasteiger charge is -2.41. The van der Waals surface area contributed by atoms with E-state index in [1.165, 1.54) is 6.07 Å². The van der Waals surface area contributed by atoms with Crippen LogP contribution in [-0.4, -0.2) is 83.9 Å². The Morgan fingerprint density at radius 3 is 2.75 bits per heavy atom. The lowest BCUT2D eigenvalue weighted by atomic mass is 10.0. The summed E-state index contributed by atoms with van der Waals surface area (Å²) in [5, 5.41) is 30.3. The van der Waals surface area contributed by atoms with Crippen LogP contribution in [0.3, 0.4) is 0 Å². The molecule has 0 spiro atoms. The van der Waals surface area contributed by atoms with E-state index in [0.29, 0.717) is 50.5 Å². The third kappa shape index (κ3) is 5.71.